The van der Waals surface area contributed by atoms with Crippen molar-refractivity contribution in [2.45, 2.75) is 69.3 Å². The Kier molecular flexibility index (Phi) is 10.5. The fourth-order valence-electron chi connectivity index (χ4n) is 6.98. The maximum absolute atomic E-state index is 14.4. The zero-order chi connectivity index (χ0) is 30.4. The van der Waals surface area contributed by atoms with Gasteiger partial charge in [0.25, 0.3) is 0 Å². The van der Waals surface area contributed by atoms with Gasteiger partial charge in [0.2, 0.25) is 17.7 Å². The number of morpholine rings is 1. The van der Waals surface area contributed by atoms with Gasteiger partial charge in [-0.2, -0.15) is 0 Å². The summed E-state index contributed by atoms with van der Waals surface area (Å²) in [6.45, 7) is 6.92. The van der Waals surface area contributed by atoms with Gasteiger partial charge in [-0.3, -0.25) is 24.1 Å². The van der Waals surface area contributed by atoms with Crippen LogP contribution in [0.3, 0.4) is 0 Å². The summed E-state index contributed by atoms with van der Waals surface area (Å²) in [7, 11) is 0. The van der Waals surface area contributed by atoms with Gasteiger partial charge < -0.3 is 34.4 Å². The van der Waals surface area contributed by atoms with Crippen LogP contribution in [0.15, 0.2) is 24.3 Å². The normalized spacial score (nSPS) is 34.4. The van der Waals surface area contributed by atoms with Gasteiger partial charge in [-0.1, -0.05) is 37.1 Å². The third-order valence-electron chi connectivity index (χ3n) is 9.21. The van der Waals surface area contributed by atoms with E-state index in [1.807, 2.05) is 18.2 Å². The number of esters is 1. The van der Waals surface area contributed by atoms with E-state index < -0.39 is 41.7 Å². The molecule has 43 heavy (non-hydrogen) atoms. The zero-order valence-corrected chi connectivity index (χ0v) is 25.2. The minimum Gasteiger partial charge on any atom is -0.460 e. The minimum atomic E-state index is -1.32. The predicted octanol–water partition coefficient (Wildman–Crippen LogP) is 0.248. The van der Waals surface area contributed by atoms with Gasteiger partial charge in [0.15, 0.2) is 0 Å². The topological polar surface area (TPSA) is 138 Å². The summed E-state index contributed by atoms with van der Waals surface area (Å²) in [5.74, 6) is -2.99. The number of allylic oxidation sites excluding steroid dienone is 1. The number of amides is 3. The van der Waals surface area contributed by atoms with Gasteiger partial charge in [0.1, 0.15) is 23.7 Å². The first-order valence-electron chi connectivity index (χ1n) is 15.9. The zero-order valence-electron chi connectivity index (χ0n) is 25.2. The maximum atomic E-state index is 14.4. The van der Waals surface area contributed by atoms with Crippen molar-refractivity contribution >= 4 is 23.7 Å². The molecular formula is C31H46N4O8. The molecule has 0 saturated carbocycles. The number of ether oxygens (including phenoxy) is 3. The van der Waals surface area contributed by atoms with Crippen molar-refractivity contribution in [3.63, 3.8) is 0 Å². The number of nitrogens with zero attached hydrogens (tertiary/aromatic N) is 3. The molecule has 2 N–H and O–H groups in total. The SMILES string of the molecule is C[C@H]1CNC(=O)CC/C=C\[C@@H]2O[C@@]34C=CCN(CCN5CCOCC5)C(=O)[C@@H]3N(CCCCCCO)C(=O)[C@H]4[C@@H]2C(=O)O1. The van der Waals surface area contributed by atoms with Crippen molar-refractivity contribution < 1.29 is 38.5 Å². The molecule has 5 rings (SSSR count). The molecule has 6 atom stereocenters. The van der Waals surface area contributed by atoms with Crippen LogP contribution in [-0.4, -0.2) is 133 Å². The number of rotatable bonds is 9. The molecular weight excluding hydrogens is 556 g/mol. The van der Waals surface area contributed by atoms with E-state index in [1.54, 1.807) is 22.8 Å². The minimum absolute atomic E-state index is 0.118. The largest absolute Gasteiger partial charge is 0.460 e. The lowest BCUT2D eigenvalue weighted by atomic mass is 9.78. The van der Waals surface area contributed by atoms with Crippen LogP contribution in [0.2, 0.25) is 0 Å². The third-order valence-corrected chi connectivity index (χ3v) is 9.21. The Morgan fingerprint density at radius 2 is 1.79 bits per heavy atom. The molecule has 0 aromatic heterocycles. The molecule has 0 bridgehead atoms. The van der Waals surface area contributed by atoms with Crippen LogP contribution in [0.4, 0.5) is 0 Å². The first-order valence-corrected chi connectivity index (χ1v) is 15.9. The Hall–Kier alpha value is -2.80. The lowest BCUT2D eigenvalue weighted by Crippen LogP contribution is -2.56. The highest BCUT2D eigenvalue weighted by molar-refractivity contribution is 5.99. The number of hydrogen-bond donors (Lipinski definition) is 2. The number of carbonyl (C=O) groups is 4. The first kappa shape index (κ1) is 31.6. The maximum Gasteiger partial charge on any atom is 0.313 e. The molecule has 0 unspecified atom stereocenters. The van der Waals surface area contributed by atoms with Crippen LogP contribution in [0, 0.1) is 11.8 Å². The Morgan fingerprint density at radius 1 is 1.00 bits per heavy atom. The molecule has 3 amide bonds. The Bertz CT molecular complexity index is 1090. The summed E-state index contributed by atoms with van der Waals surface area (Å²) >= 11 is 0. The van der Waals surface area contributed by atoms with E-state index in [-0.39, 0.29) is 37.3 Å². The van der Waals surface area contributed by atoms with E-state index in [9.17, 15) is 24.3 Å². The second-order valence-electron chi connectivity index (χ2n) is 12.2. The predicted molar refractivity (Wildman–Crippen MR) is 156 cm³/mol. The van der Waals surface area contributed by atoms with Gasteiger partial charge in [-0.15, -0.1) is 0 Å². The van der Waals surface area contributed by atoms with Crippen molar-refractivity contribution in [1.29, 1.82) is 0 Å². The Labute approximate surface area is 253 Å². The molecule has 5 aliphatic heterocycles. The molecule has 3 saturated heterocycles. The average molecular weight is 603 g/mol. The number of aliphatic hydroxyl groups excluding tert-OH is 1. The fraction of sp³-hybridized carbons (Fsp3) is 0.742. The number of hydrogen-bond acceptors (Lipinski definition) is 9. The molecule has 238 valence electrons. The molecule has 0 aromatic rings. The second-order valence-corrected chi connectivity index (χ2v) is 12.2. The van der Waals surface area contributed by atoms with Crippen molar-refractivity contribution in [3.8, 4) is 0 Å². The van der Waals surface area contributed by atoms with Crippen LogP contribution < -0.4 is 5.32 Å². The molecule has 5 heterocycles. The van der Waals surface area contributed by atoms with Crippen LogP contribution in [0.5, 0.6) is 0 Å². The summed E-state index contributed by atoms with van der Waals surface area (Å²) in [4.78, 5) is 60.3. The number of likely N-dealkylation sites (tertiary alicyclic amines) is 1. The Morgan fingerprint density at radius 3 is 2.58 bits per heavy atom. The molecule has 12 nitrogen and oxygen atoms in total. The van der Waals surface area contributed by atoms with Crippen LogP contribution in [-0.2, 0) is 33.4 Å². The lowest BCUT2D eigenvalue weighted by molar-refractivity contribution is -0.158. The summed E-state index contributed by atoms with van der Waals surface area (Å²) < 4.78 is 17.9. The molecule has 0 aromatic carbocycles. The number of fused-ring (bicyclic) bond motifs is 2. The van der Waals surface area contributed by atoms with E-state index in [1.165, 1.54) is 0 Å². The van der Waals surface area contributed by atoms with Crippen LogP contribution in [0.1, 0.15) is 45.4 Å². The summed E-state index contributed by atoms with van der Waals surface area (Å²) in [6, 6.07) is -0.906. The molecule has 5 aliphatic rings. The Balaban J connectivity index is 1.45. The molecule has 0 radical (unpaired) electrons. The number of nitrogens with one attached hydrogen (secondary N) is 1. The smallest absolute Gasteiger partial charge is 0.313 e. The summed E-state index contributed by atoms with van der Waals surface area (Å²) in [5, 5.41) is 12.0. The number of aliphatic hydroxyl groups is 1. The van der Waals surface area contributed by atoms with E-state index in [0.29, 0.717) is 58.7 Å². The monoisotopic (exact) mass is 602 g/mol. The highest BCUT2D eigenvalue weighted by Crippen LogP contribution is 2.53. The quantitative estimate of drug-likeness (QED) is 0.216. The van der Waals surface area contributed by atoms with Crippen molar-refractivity contribution in [3.05, 3.63) is 24.3 Å². The number of cyclic esters (lactones) is 1. The van der Waals surface area contributed by atoms with E-state index in [2.05, 4.69) is 10.2 Å². The molecule has 12 heteroatoms. The van der Waals surface area contributed by atoms with Crippen LogP contribution >= 0.6 is 0 Å². The summed E-state index contributed by atoms with van der Waals surface area (Å²) in [6.07, 6.45) is 9.67. The highest BCUT2D eigenvalue weighted by Gasteiger charge is 2.71. The van der Waals surface area contributed by atoms with E-state index in [4.69, 9.17) is 14.2 Å². The van der Waals surface area contributed by atoms with Crippen LogP contribution in [0.25, 0.3) is 0 Å². The number of unbranched alkanes of at least 4 members (excludes halogenated alkanes) is 3. The average Bonchev–Trinajstić information content (AvgIpc) is 3.38. The highest BCUT2D eigenvalue weighted by atomic mass is 16.6. The second kappa shape index (κ2) is 14.3. The van der Waals surface area contributed by atoms with Gasteiger partial charge in [-0.25, -0.2) is 0 Å². The molecule has 0 aliphatic carbocycles. The van der Waals surface area contributed by atoms with Gasteiger partial charge >= 0.3 is 5.97 Å². The molecule has 1 spiro atoms. The van der Waals surface area contributed by atoms with E-state index >= 15 is 0 Å². The van der Waals surface area contributed by atoms with E-state index in [0.717, 1.165) is 25.9 Å². The molecule has 3 fully saturated rings. The van der Waals surface area contributed by atoms with Gasteiger partial charge in [0, 0.05) is 52.3 Å². The first-order chi connectivity index (χ1) is 20.9. The number of carbonyl (C=O) groups excluding carboxylic acids is 4. The van der Waals surface area contributed by atoms with Crippen molar-refractivity contribution in [1.82, 2.24) is 20.0 Å². The van der Waals surface area contributed by atoms with Crippen molar-refractivity contribution in [2.75, 3.05) is 65.6 Å². The van der Waals surface area contributed by atoms with Gasteiger partial charge in [0.05, 0.1) is 31.8 Å². The van der Waals surface area contributed by atoms with Crippen molar-refractivity contribution in [2.24, 2.45) is 11.8 Å². The third kappa shape index (κ3) is 6.82. The summed E-state index contributed by atoms with van der Waals surface area (Å²) in [5.41, 5.74) is -1.32. The fourth-order valence-corrected chi connectivity index (χ4v) is 6.98. The standard InChI is InChI=1S/C31H46N4O8/c1-22-21-32-24(37)10-5-4-9-23-25(30(40)42-22)26-28(38)35(13-6-2-3-7-18-36)27-29(39)34(12-8-11-31(26,27)43-23)15-14-33-16-19-41-20-17-33/h4,8-9,11,22-23,25-27,36H,2-3,5-7,10,12-21H2,1H3,(H,32,37)/b9-4-/t22-,23-,25+,26+,27-,31+/m0/s1. The lowest BCUT2D eigenvalue weighted by Gasteiger charge is -2.36. The van der Waals surface area contributed by atoms with Gasteiger partial charge in [-0.05, 0) is 26.2 Å².